The van der Waals surface area contributed by atoms with E-state index in [1.165, 1.54) is 19.3 Å². The summed E-state index contributed by atoms with van der Waals surface area (Å²) >= 11 is 0. The summed E-state index contributed by atoms with van der Waals surface area (Å²) in [4.78, 5) is 40.8. The third-order valence-electron chi connectivity index (χ3n) is 5.84. The molecule has 0 saturated carbocycles. The van der Waals surface area contributed by atoms with E-state index in [-0.39, 0.29) is 12.2 Å². The zero-order chi connectivity index (χ0) is 23.4. The number of amides is 4. The average molecular weight is 449 g/mol. The number of hydrogen-bond donors (Lipinski definition) is 2. The second-order valence-corrected chi connectivity index (χ2v) is 8.27. The quantitative estimate of drug-likeness (QED) is 0.521. The van der Waals surface area contributed by atoms with Crippen LogP contribution in [0.15, 0.2) is 48.2 Å². The summed E-state index contributed by atoms with van der Waals surface area (Å²) in [7, 11) is 1.58. The number of carbonyl (C=O) groups excluding carboxylic acids is 3. The van der Waals surface area contributed by atoms with Gasteiger partial charge >= 0.3 is 6.03 Å². The van der Waals surface area contributed by atoms with E-state index >= 15 is 0 Å². The molecule has 0 bridgehead atoms. The first kappa shape index (κ1) is 22.4. The van der Waals surface area contributed by atoms with Gasteiger partial charge in [-0.15, -0.1) is 0 Å². The molecule has 2 N–H and O–H groups in total. The van der Waals surface area contributed by atoms with Gasteiger partial charge in [-0.25, -0.2) is 9.69 Å². The number of imide groups is 1. The number of urea groups is 1. The number of nitrogens with one attached hydrogen (secondary N) is 2. The number of aryl methyl sites for hydroxylation is 1. The number of ether oxygens (including phenoxy) is 1. The van der Waals surface area contributed by atoms with Gasteiger partial charge in [0.25, 0.3) is 5.91 Å². The van der Waals surface area contributed by atoms with Crippen molar-refractivity contribution in [1.82, 2.24) is 10.2 Å². The van der Waals surface area contributed by atoms with E-state index in [4.69, 9.17) is 4.74 Å². The molecular formula is C25H28N4O4. The third kappa shape index (κ3) is 5.16. The Morgan fingerprint density at radius 1 is 1.09 bits per heavy atom. The highest BCUT2D eigenvalue weighted by molar-refractivity contribution is 6.16. The monoisotopic (exact) mass is 448 g/mol. The average Bonchev–Trinajstić information content (AvgIpc) is 3.08. The van der Waals surface area contributed by atoms with E-state index in [2.05, 4.69) is 15.5 Å². The molecule has 4 amide bonds. The summed E-state index contributed by atoms with van der Waals surface area (Å²) in [6.07, 6.45) is 5.17. The number of rotatable bonds is 6. The number of hydrogen-bond acceptors (Lipinski definition) is 5. The van der Waals surface area contributed by atoms with Crippen LogP contribution in [-0.4, -0.2) is 49.5 Å². The lowest BCUT2D eigenvalue weighted by Crippen LogP contribution is -2.38. The van der Waals surface area contributed by atoms with Gasteiger partial charge in [-0.3, -0.25) is 9.59 Å². The van der Waals surface area contributed by atoms with Crippen molar-refractivity contribution in [3.63, 3.8) is 0 Å². The highest BCUT2D eigenvalue weighted by Gasteiger charge is 2.35. The lowest BCUT2D eigenvalue weighted by Gasteiger charge is -2.29. The molecule has 0 aromatic heterocycles. The minimum atomic E-state index is -0.630. The molecule has 4 rings (SSSR count). The van der Waals surface area contributed by atoms with E-state index in [1.54, 1.807) is 25.3 Å². The fourth-order valence-electron chi connectivity index (χ4n) is 4.02. The van der Waals surface area contributed by atoms with Gasteiger partial charge in [0.05, 0.1) is 7.11 Å². The molecule has 2 heterocycles. The predicted octanol–water partition coefficient (Wildman–Crippen LogP) is 3.53. The van der Waals surface area contributed by atoms with E-state index in [0.717, 1.165) is 29.2 Å². The summed E-state index contributed by atoms with van der Waals surface area (Å²) in [5.41, 5.74) is 3.52. The Balaban J connectivity index is 1.46. The zero-order valence-corrected chi connectivity index (χ0v) is 18.9. The van der Waals surface area contributed by atoms with E-state index in [0.29, 0.717) is 17.0 Å². The van der Waals surface area contributed by atoms with Gasteiger partial charge in [0, 0.05) is 36.1 Å². The van der Waals surface area contributed by atoms with Crippen LogP contribution in [0.5, 0.6) is 5.75 Å². The van der Waals surface area contributed by atoms with Gasteiger partial charge in [-0.1, -0.05) is 17.7 Å². The molecule has 2 aliphatic heterocycles. The molecule has 8 nitrogen and oxygen atoms in total. The molecule has 33 heavy (non-hydrogen) atoms. The number of piperidine rings is 1. The maximum Gasteiger partial charge on any atom is 0.329 e. The molecule has 0 aliphatic carbocycles. The molecule has 2 aromatic carbocycles. The maximum atomic E-state index is 12.8. The minimum absolute atomic E-state index is 0.104. The summed E-state index contributed by atoms with van der Waals surface area (Å²) in [6, 6.07) is 12.5. The lowest BCUT2D eigenvalue weighted by molar-refractivity contribution is -0.127. The minimum Gasteiger partial charge on any atom is -0.496 e. The molecule has 2 saturated heterocycles. The fourth-order valence-corrected chi connectivity index (χ4v) is 4.02. The summed E-state index contributed by atoms with van der Waals surface area (Å²) in [6.45, 7) is 3.60. The Morgan fingerprint density at radius 3 is 2.52 bits per heavy atom. The Morgan fingerprint density at radius 2 is 1.82 bits per heavy atom. The van der Waals surface area contributed by atoms with Gasteiger partial charge in [-0.2, -0.15) is 0 Å². The van der Waals surface area contributed by atoms with Gasteiger partial charge < -0.3 is 20.3 Å². The van der Waals surface area contributed by atoms with Crippen LogP contribution in [0, 0.1) is 6.92 Å². The topological polar surface area (TPSA) is 91.0 Å². The molecule has 0 spiro atoms. The van der Waals surface area contributed by atoms with Crippen LogP contribution < -0.4 is 20.3 Å². The highest BCUT2D eigenvalue weighted by atomic mass is 16.5. The Labute approximate surface area is 193 Å². The lowest BCUT2D eigenvalue weighted by atomic mass is 10.1. The van der Waals surface area contributed by atoms with Crippen molar-refractivity contribution in [2.45, 2.75) is 26.2 Å². The second kappa shape index (κ2) is 9.77. The number of nitrogens with zero attached hydrogens (tertiary/aromatic N) is 2. The first-order chi connectivity index (χ1) is 15.9. The molecule has 0 radical (unpaired) electrons. The van der Waals surface area contributed by atoms with E-state index < -0.39 is 17.8 Å². The molecule has 8 heteroatoms. The van der Waals surface area contributed by atoms with Crippen LogP contribution in [-0.2, 0) is 9.59 Å². The largest absolute Gasteiger partial charge is 0.496 e. The Kier molecular flexibility index (Phi) is 6.63. The fraction of sp³-hybridized carbons (Fsp3) is 0.320. The zero-order valence-electron chi connectivity index (χ0n) is 18.9. The van der Waals surface area contributed by atoms with E-state index in [9.17, 15) is 14.4 Å². The predicted molar refractivity (Wildman–Crippen MR) is 127 cm³/mol. The van der Waals surface area contributed by atoms with Gasteiger partial charge in [0.1, 0.15) is 18.0 Å². The first-order valence-corrected chi connectivity index (χ1v) is 11.1. The van der Waals surface area contributed by atoms with Crippen LogP contribution in [0.25, 0.3) is 6.08 Å². The summed E-state index contributed by atoms with van der Waals surface area (Å²) in [5, 5.41) is 5.26. The van der Waals surface area contributed by atoms with Crippen molar-refractivity contribution in [2.75, 3.05) is 37.0 Å². The Bertz CT molecular complexity index is 1090. The Hall–Kier alpha value is -3.81. The van der Waals surface area contributed by atoms with Crippen LogP contribution in [0.1, 0.15) is 30.4 Å². The maximum absolute atomic E-state index is 12.8. The molecular weight excluding hydrogens is 420 g/mol. The number of carbonyl (C=O) groups is 3. The van der Waals surface area contributed by atoms with Crippen molar-refractivity contribution < 1.29 is 19.1 Å². The first-order valence-electron chi connectivity index (χ1n) is 11.1. The smallest absolute Gasteiger partial charge is 0.329 e. The SMILES string of the molecule is COc1cc(N2CCCCC2)ccc1/C=C1\NC(=O)N(CC(=O)Nc2ccc(C)cc2)C1=O. The number of methoxy groups -OCH3 is 1. The van der Waals surface area contributed by atoms with Crippen molar-refractivity contribution in [2.24, 2.45) is 0 Å². The molecule has 2 fully saturated rings. The van der Waals surface area contributed by atoms with Gasteiger partial charge in [0.2, 0.25) is 5.91 Å². The highest BCUT2D eigenvalue weighted by Crippen LogP contribution is 2.29. The standard InChI is InChI=1S/C25H28N4O4/c1-17-6-9-19(10-7-17)26-23(30)16-29-24(31)21(27-25(29)32)14-18-8-11-20(15-22(18)33-2)28-12-4-3-5-13-28/h6-11,14-15H,3-5,12-13,16H2,1-2H3,(H,26,30)(H,27,32)/b21-14-. The summed E-state index contributed by atoms with van der Waals surface area (Å²) < 4.78 is 5.54. The number of benzene rings is 2. The second-order valence-electron chi connectivity index (χ2n) is 8.27. The molecule has 2 aromatic rings. The van der Waals surface area contributed by atoms with Crippen LogP contribution in [0.4, 0.5) is 16.2 Å². The van der Waals surface area contributed by atoms with Crippen molar-refractivity contribution in [1.29, 1.82) is 0 Å². The van der Waals surface area contributed by atoms with Crippen molar-refractivity contribution in [3.05, 3.63) is 59.3 Å². The van der Waals surface area contributed by atoms with Crippen LogP contribution in [0.2, 0.25) is 0 Å². The number of anilines is 2. The molecule has 172 valence electrons. The third-order valence-corrected chi connectivity index (χ3v) is 5.84. The van der Waals surface area contributed by atoms with Gasteiger partial charge in [0.15, 0.2) is 0 Å². The normalized spacial score (nSPS) is 17.3. The van der Waals surface area contributed by atoms with Crippen LogP contribution in [0.3, 0.4) is 0 Å². The van der Waals surface area contributed by atoms with Crippen molar-refractivity contribution in [3.8, 4) is 5.75 Å². The van der Waals surface area contributed by atoms with E-state index in [1.807, 2.05) is 37.3 Å². The van der Waals surface area contributed by atoms with Crippen molar-refractivity contribution >= 4 is 35.3 Å². The molecule has 2 aliphatic rings. The molecule has 0 atom stereocenters. The van der Waals surface area contributed by atoms with Gasteiger partial charge in [-0.05, 0) is 56.5 Å². The summed E-state index contributed by atoms with van der Waals surface area (Å²) in [5.74, 6) is -0.392. The van der Waals surface area contributed by atoms with Crippen LogP contribution >= 0.6 is 0 Å². The molecule has 0 unspecified atom stereocenters.